The molecule has 0 radical (unpaired) electrons. The molecular formula is C12H15Cl2N3S. The van der Waals surface area contributed by atoms with Crippen molar-refractivity contribution in [2.75, 3.05) is 0 Å². The van der Waals surface area contributed by atoms with Crippen LogP contribution in [-0.2, 0) is 19.9 Å². The lowest BCUT2D eigenvalue weighted by atomic mass is 10.1. The number of nitrogens with zero attached hydrogens (tertiary/aromatic N) is 2. The van der Waals surface area contributed by atoms with Gasteiger partial charge in [-0.2, -0.15) is 5.10 Å². The molecule has 18 heavy (non-hydrogen) atoms. The SMILES string of the molecule is CCc1nn(C)c(CC(N)c2sccc2Cl)c1Cl. The molecule has 6 heteroatoms. The van der Waals surface area contributed by atoms with Crippen LogP contribution in [0.2, 0.25) is 10.0 Å². The lowest BCUT2D eigenvalue weighted by Gasteiger charge is -2.11. The molecule has 0 aromatic carbocycles. The molecule has 0 bridgehead atoms. The fraction of sp³-hybridized carbons (Fsp3) is 0.417. The van der Waals surface area contributed by atoms with Gasteiger partial charge in [-0.1, -0.05) is 30.1 Å². The van der Waals surface area contributed by atoms with Crippen LogP contribution >= 0.6 is 34.5 Å². The second kappa shape index (κ2) is 5.61. The van der Waals surface area contributed by atoms with E-state index in [2.05, 4.69) is 5.10 Å². The Kier molecular flexibility index (Phi) is 4.33. The molecule has 2 aromatic rings. The van der Waals surface area contributed by atoms with Gasteiger partial charge in [0.1, 0.15) is 0 Å². The third-order valence-corrected chi connectivity index (χ3v) is 4.82. The molecule has 3 nitrogen and oxygen atoms in total. The van der Waals surface area contributed by atoms with Gasteiger partial charge in [0.2, 0.25) is 0 Å². The largest absolute Gasteiger partial charge is 0.323 e. The number of thiophene rings is 1. The molecule has 0 aliphatic rings. The van der Waals surface area contributed by atoms with Gasteiger partial charge in [-0.3, -0.25) is 4.68 Å². The Balaban J connectivity index is 2.24. The number of hydrogen-bond donors (Lipinski definition) is 1. The summed E-state index contributed by atoms with van der Waals surface area (Å²) in [6, 6.07) is 1.72. The minimum atomic E-state index is -0.143. The van der Waals surface area contributed by atoms with Crippen LogP contribution in [0, 0.1) is 0 Å². The van der Waals surface area contributed by atoms with E-state index in [-0.39, 0.29) is 6.04 Å². The van der Waals surface area contributed by atoms with Crippen LogP contribution in [0.25, 0.3) is 0 Å². The maximum absolute atomic E-state index is 6.31. The van der Waals surface area contributed by atoms with Gasteiger partial charge in [-0.25, -0.2) is 0 Å². The van der Waals surface area contributed by atoms with Gasteiger partial charge in [0.15, 0.2) is 0 Å². The highest BCUT2D eigenvalue weighted by Gasteiger charge is 2.19. The zero-order valence-electron chi connectivity index (χ0n) is 10.3. The number of hydrogen-bond acceptors (Lipinski definition) is 3. The van der Waals surface area contributed by atoms with Gasteiger partial charge >= 0.3 is 0 Å². The Morgan fingerprint density at radius 3 is 2.72 bits per heavy atom. The Morgan fingerprint density at radius 2 is 2.22 bits per heavy atom. The fourth-order valence-electron chi connectivity index (χ4n) is 1.91. The highest BCUT2D eigenvalue weighted by atomic mass is 35.5. The van der Waals surface area contributed by atoms with E-state index < -0.39 is 0 Å². The number of rotatable bonds is 4. The van der Waals surface area contributed by atoms with Gasteiger partial charge in [0.05, 0.1) is 21.4 Å². The van der Waals surface area contributed by atoms with Crippen LogP contribution in [0.1, 0.15) is 29.2 Å². The summed E-state index contributed by atoms with van der Waals surface area (Å²) < 4.78 is 1.81. The molecule has 2 N–H and O–H groups in total. The zero-order chi connectivity index (χ0) is 13.3. The lowest BCUT2D eigenvalue weighted by molar-refractivity contribution is 0.644. The molecule has 0 aliphatic carbocycles. The van der Waals surface area contributed by atoms with E-state index in [4.69, 9.17) is 28.9 Å². The standard InChI is InChI=1S/C12H15Cl2N3S/c1-3-9-11(14)10(17(2)16-9)6-8(15)12-7(13)4-5-18-12/h4-5,8H,3,6,15H2,1-2H3. The third kappa shape index (κ3) is 2.57. The minimum Gasteiger partial charge on any atom is -0.323 e. The molecule has 0 aliphatic heterocycles. The van der Waals surface area contributed by atoms with Gasteiger partial charge in [-0.15, -0.1) is 11.3 Å². The van der Waals surface area contributed by atoms with Crippen molar-refractivity contribution in [3.63, 3.8) is 0 Å². The molecule has 2 rings (SSSR count). The van der Waals surface area contributed by atoms with E-state index in [0.717, 1.165) is 32.7 Å². The average molecular weight is 304 g/mol. The third-order valence-electron chi connectivity index (χ3n) is 2.90. The van der Waals surface area contributed by atoms with Crippen molar-refractivity contribution < 1.29 is 0 Å². The second-order valence-electron chi connectivity index (χ2n) is 4.13. The molecule has 0 saturated heterocycles. The monoisotopic (exact) mass is 303 g/mol. The van der Waals surface area contributed by atoms with Gasteiger partial charge in [0.25, 0.3) is 0 Å². The summed E-state index contributed by atoms with van der Waals surface area (Å²) in [5.74, 6) is 0. The number of aromatic nitrogens is 2. The number of aryl methyl sites for hydroxylation is 2. The first kappa shape index (κ1) is 13.9. The van der Waals surface area contributed by atoms with Gasteiger partial charge in [0, 0.05) is 24.4 Å². The highest BCUT2D eigenvalue weighted by Crippen LogP contribution is 2.31. The van der Waals surface area contributed by atoms with E-state index in [1.807, 2.05) is 30.1 Å². The molecule has 0 fully saturated rings. The van der Waals surface area contributed by atoms with Crippen LogP contribution in [-0.4, -0.2) is 9.78 Å². The van der Waals surface area contributed by atoms with Crippen molar-refractivity contribution in [2.45, 2.75) is 25.8 Å². The quantitative estimate of drug-likeness (QED) is 0.938. The summed E-state index contributed by atoms with van der Waals surface area (Å²) in [6.45, 7) is 2.04. The summed E-state index contributed by atoms with van der Waals surface area (Å²) in [7, 11) is 1.89. The van der Waals surface area contributed by atoms with Crippen LogP contribution in [0.3, 0.4) is 0 Å². The van der Waals surface area contributed by atoms with Crippen molar-refractivity contribution in [1.29, 1.82) is 0 Å². The molecule has 0 amide bonds. The van der Waals surface area contributed by atoms with E-state index in [1.165, 1.54) is 0 Å². The topological polar surface area (TPSA) is 43.8 Å². The Hall–Kier alpha value is -0.550. The maximum Gasteiger partial charge on any atom is 0.0850 e. The lowest BCUT2D eigenvalue weighted by Crippen LogP contribution is -2.14. The first-order valence-corrected chi connectivity index (χ1v) is 7.36. The summed E-state index contributed by atoms with van der Waals surface area (Å²) >= 11 is 14.0. The number of nitrogens with two attached hydrogens (primary N) is 1. The van der Waals surface area contributed by atoms with Crippen LogP contribution < -0.4 is 5.73 Å². The van der Waals surface area contributed by atoms with Crippen LogP contribution in [0.4, 0.5) is 0 Å². The van der Waals surface area contributed by atoms with E-state index in [9.17, 15) is 0 Å². The summed E-state index contributed by atoms with van der Waals surface area (Å²) in [5, 5.41) is 7.78. The predicted octanol–water partition coefficient (Wildman–Crippen LogP) is 3.59. The Morgan fingerprint density at radius 1 is 1.50 bits per heavy atom. The molecule has 1 atom stereocenters. The summed E-state index contributed by atoms with van der Waals surface area (Å²) in [6.07, 6.45) is 1.46. The van der Waals surface area contributed by atoms with Crippen molar-refractivity contribution >= 4 is 34.5 Å². The molecule has 2 heterocycles. The van der Waals surface area contributed by atoms with Crippen molar-refractivity contribution in [3.8, 4) is 0 Å². The van der Waals surface area contributed by atoms with Crippen molar-refractivity contribution in [2.24, 2.45) is 12.8 Å². The molecule has 0 spiro atoms. The minimum absolute atomic E-state index is 0.143. The van der Waals surface area contributed by atoms with Crippen LogP contribution in [0.5, 0.6) is 0 Å². The van der Waals surface area contributed by atoms with Crippen molar-refractivity contribution in [1.82, 2.24) is 9.78 Å². The second-order valence-corrected chi connectivity index (χ2v) is 5.86. The fourth-order valence-corrected chi connectivity index (χ4v) is 3.48. The first-order chi connectivity index (χ1) is 8.54. The average Bonchev–Trinajstić information content (AvgIpc) is 2.87. The van der Waals surface area contributed by atoms with E-state index in [1.54, 1.807) is 11.3 Å². The summed E-state index contributed by atoms with van der Waals surface area (Å²) in [4.78, 5) is 0.993. The Labute approximate surface area is 121 Å². The normalized spacial score (nSPS) is 12.9. The molecule has 2 aromatic heterocycles. The maximum atomic E-state index is 6.31. The predicted molar refractivity (Wildman–Crippen MR) is 77.6 cm³/mol. The zero-order valence-corrected chi connectivity index (χ0v) is 12.6. The van der Waals surface area contributed by atoms with Crippen LogP contribution in [0.15, 0.2) is 11.4 Å². The smallest absolute Gasteiger partial charge is 0.0850 e. The highest BCUT2D eigenvalue weighted by molar-refractivity contribution is 7.10. The van der Waals surface area contributed by atoms with Gasteiger partial charge < -0.3 is 5.73 Å². The van der Waals surface area contributed by atoms with Crippen molar-refractivity contribution in [3.05, 3.63) is 37.8 Å². The van der Waals surface area contributed by atoms with E-state index >= 15 is 0 Å². The first-order valence-electron chi connectivity index (χ1n) is 5.73. The number of halogens is 2. The molecule has 1 unspecified atom stereocenters. The molecular weight excluding hydrogens is 289 g/mol. The van der Waals surface area contributed by atoms with Gasteiger partial charge in [-0.05, 0) is 17.9 Å². The van der Waals surface area contributed by atoms with E-state index in [0.29, 0.717) is 6.42 Å². The molecule has 98 valence electrons. The Bertz CT molecular complexity index is 548. The molecule has 0 saturated carbocycles. The summed E-state index contributed by atoms with van der Waals surface area (Å²) in [5.41, 5.74) is 8.07.